The van der Waals surface area contributed by atoms with Crippen molar-refractivity contribution in [3.05, 3.63) is 34.9 Å². The van der Waals surface area contributed by atoms with Crippen LogP contribution in [0, 0.1) is 0 Å². The number of likely N-dealkylation sites (N-methyl/N-ethyl adjacent to an activating group) is 1. The number of nitrogens with one attached hydrogen (secondary N) is 1. The van der Waals surface area contributed by atoms with Gasteiger partial charge in [-0.2, -0.15) is 0 Å². The summed E-state index contributed by atoms with van der Waals surface area (Å²) in [5, 5.41) is 2.85. The SMILES string of the molecule is CN(CC(=O)NC1CC1)C(=O)CCC(=O)c1ccc2c(c1)CCC2. The fourth-order valence-electron chi connectivity index (χ4n) is 3.11. The summed E-state index contributed by atoms with van der Waals surface area (Å²) < 4.78 is 0. The summed E-state index contributed by atoms with van der Waals surface area (Å²) in [4.78, 5) is 37.5. The molecular weight excluding hydrogens is 304 g/mol. The maximum atomic E-state index is 12.3. The summed E-state index contributed by atoms with van der Waals surface area (Å²) >= 11 is 0. The molecule has 1 aromatic carbocycles. The van der Waals surface area contributed by atoms with E-state index in [1.54, 1.807) is 7.05 Å². The van der Waals surface area contributed by atoms with Crippen LogP contribution in [-0.2, 0) is 22.4 Å². The summed E-state index contributed by atoms with van der Waals surface area (Å²) in [5.41, 5.74) is 3.29. The zero-order valence-electron chi connectivity index (χ0n) is 14.1. The highest BCUT2D eigenvalue weighted by Gasteiger charge is 2.24. The van der Waals surface area contributed by atoms with Crippen LogP contribution in [0.2, 0.25) is 0 Å². The van der Waals surface area contributed by atoms with Gasteiger partial charge in [0, 0.05) is 31.5 Å². The number of Topliss-reactive ketones (excluding diaryl/α,β-unsaturated/α-hetero) is 1. The molecule has 0 aromatic heterocycles. The van der Waals surface area contributed by atoms with E-state index in [0.29, 0.717) is 11.6 Å². The molecule has 0 saturated heterocycles. The first kappa shape index (κ1) is 16.7. The summed E-state index contributed by atoms with van der Waals surface area (Å²) in [6.07, 6.45) is 5.66. The average molecular weight is 328 g/mol. The molecule has 0 aliphatic heterocycles. The Bertz CT molecular complexity index is 665. The van der Waals surface area contributed by atoms with E-state index in [1.165, 1.54) is 16.0 Å². The molecule has 0 spiro atoms. The van der Waals surface area contributed by atoms with Crippen LogP contribution >= 0.6 is 0 Å². The monoisotopic (exact) mass is 328 g/mol. The van der Waals surface area contributed by atoms with Gasteiger partial charge in [-0.05, 0) is 49.3 Å². The quantitative estimate of drug-likeness (QED) is 0.777. The lowest BCUT2D eigenvalue weighted by molar-refractivity contribution is -0.134. The molecule has 2 aliphatic carbocycles. The largest absolute Gasteiger partial charge is 0.352 e. The number of aryl methyl sites for hydroxylation is 2. The normalized spacial score (nSPS) is 15.7. The first-order valence-corrected chi connectivity index (χ1v) is 8.71. The fraction of sp³-hybridized carbons (Fsp3) is 0.526. The Labute approximate surface area is 142 Å². The molecule has 0 radical (unpaired) electrons. The Morgan fingerprint density at radius 3 is 2.62 bits per heavy atom. The van der Waals surface area contributed by atoms with Crippen molar-refractivity contribution < 1.29 is 14.4 Å². The molecule has 1 N–H and O–H groups in total. The lowest BCUT2D eigenvalue weighted by Gasteiger charge is -2.16. The van der Waals surface area contributed by atoms with E-state index in [0.717, 1.165) is 32.1 Å². The van der Waals surface area contributed by atoms with Gasteiger partial charge in [-0.3, -0.25) is 14.4 Å². The molecule has 5 nitrogen and oxygen atoms in total. The molecule has 128 valence electrons. The second-order valence-corrected chi connectivity index (χ2v) is 6.85. The van der Waals surface area contributed by atoms with Crippen molar-refractivity contribution in [2.75, 3.05) is 13.6 Å². The molecule has 0 atom stereocenters. The molecule has 24 heavy (non-hydrogen) atoms. The average Bonchev–Trinajstić information content (AvgIpc) is 3.24. The van der Waals surface area contributed by atoms with Crippen LogP contribution < -0.4 is 5.32 Å². The Morgan fingerprint density at radius 1 is 1.12 bits per heavy atom. The minimum Gasteiger partial charge on any atom is -0.352 e. The number of carbonyl (C=O) groups is 3. The third kappa shape index (κ3) is 4.22. The smallest absolute Gasteiger partial charge is 0.239 e. The number of carbonyl (C=O) groups excluding carboxylic acids is 3. The molecule has 5 heteroatoms. The van der Waals surface area contributed by atoms with Crippen molar-refractivity contribution in [2.45, 2.75) is 51.0 Å². The van der Waals surface area contributed by atoms with Crippen LogP contribution in [0.15, 0.2) is 18.2 Å². The van der Waals surface area contributed by atoms with E-state index in [2.05, 4.69) is 5.32 Å². The van der Waals surface area contributed by atoms with Gasteiger partial charge in [-0.25, -0.2) is 0 Å². The lowest BCUT2D eigenvalue weighted by atomic mass is 10.0. The number of ketones is 1. The van der Waals surface area contributed by atoms with Crippen LogP contribution in [0.3, 0.4) is 0 Å². The van der Waals surface area contributed by atoms with E-state index in [9.17, 15) is 14.4 Å². The van der Waals surface area contributed by atoms with Crippen molar-refractivity contribution >= 4 is 17.6 Å². The molecule has 0 heterocycles. The highest BCUT2D eigenvalue weighted by Crippen LogP contribution is 2.23. The number of fused-ring (bicyclic) bond motifs is 1. The van der Waals surface area contributed by atoms with Crippen LogP contribution in [0.5, 0.6) is 0 Å². The first-order valence-electron chi connectivity index (χ1n) is 8.71. The molecule has 2 amide bonds. The summed E-state index contributed by atoms with van der Waals surface area (Å²) in [6, 6.07) is 6.17. The fourth-order valence-corrected chi connectivity index (χ4v) is 3.11. The Balaban J connectivity index is 1.46. The first-order chi connectivity index (χ1) is 11.5. The Kier molecular flexibility index (Phi) is 4.97. The number of hydrogen-bond donors (Lipinski definition) is 1. The molecule has 1 fully saturated rings. The standard InChI is InChI=1S/C19H24N2O3/c1-21(12-18(23)20-16-7-8-16)19(24)10-9-17(22)15-6-5-13-3-2-4-14(13)11-15/h5-6,11,16H,2-4,7-10,12H2,1H3,(H,20,23). The van der Waals surface area contributed by atoms with Crippen LogP contribution in [0.4, 0.5) is 0 Å². The Hall–Kier alpha value is -2.17. The van der Waals surface area contributed by atoms with Crippen LogP contribution in [0.25, 0.3) is 0 Å². The zero-order valence-corrected chi connectivity index (χ0v) is 14.1. The number of rotatable bonds is 7. The third-order valence-corrected chi connectivity index (χ3v) is 4.74. The molecular formula is C19H24N2O3. The molecule has 1 saturated carbocycles. The highest BCUT2D eigenvalue weighted by molar-refractivity contribution is 5.98. The molecule has 2 aliphatic rings. The van der Waals surface area contributed by atoms with Gasteiger partial charge in [-0.15, -0.1) is 0 Å². The van der Waals surface area contributed by atoms with Crippen molar-refractivity contribution in [1.29, 1.82) is 0 Å². The number of nitrogens with zero attached hydrogens (tertiary/aromatic N) is 1. The van der Waals surface area contributed by atoms with Crippen molar-refractivity contribution in [3.8, 4) is 0 Å². The summed E-state index contributed by atoms with van der Waals surface area (Å²) in [5.74, 6) is -0.303. The maximum Gasteiger partial charge on any atom is 0.239 e. The predicted molar refractivity (Wildman–Crippen MR) is 90.8 cm³/mol. The molecule has 0 unspecified atom stereocenters. The second kappa shape index (κ2) is 7.16. The van der Waals surface area contributed by atoms with Gasteiger partial charge >= 0.3 is 0 Å². The molecule has 1 aromatic rings. The van der Waals surface area contributed by atoms with E-state index in [1.807, 2.05) is 18.2 Å². The number of hydrogen-bond acceptors (Lipinski definition) is 3. The predicted octanol–water partition coefficient (Wildman–Crippen LogP) is 1.88. The van der Waals surface area contributed by atoms with E-state index in [4.69, 9.17) is 0 Å². The summed E-state index contributed by atoms with van der Waals surface area (Å²) in [7, 11) is 1.61. The molecule has 3 rings (SSSR count). The summed E-state index contributed by atoms with van der Waals surface area (Å²) in [6.45, 7) is 0.0579. The van der Waals surface area contributed by atoms with E-state index >= 15 is 0 Å². The number of amides is 2. The Morgan fingerprint density at radius 2 is 1.88 bits per heavy atom. The van der Waals surface area contributed by atoms with Crippen molar-refractivity contribution in [3.63, 3.8) is 0 Å². The number of benzene rings is 1. The van der Waals surface area contributed by atoms with Gasteiger partial charge in [0.1, 0.15) is 0 Å². The second-order valence-electron chi connectivity index (χ2n) is 6.85. The van der Waals surface area contributed by atoms with Crippen molar-refractivity contribution in [1.82, 2.24) is 10.2 Å². The van der Waals surface area contributed by atoms with Gasteiger partial charge in [0.15, 0.2) is 5.78 Å². The third-order valence-electron chi connectivity index (χ3n) is 4.74. The molecule has 0 bridgehead atoms. The van der Waals surface area contributed by atoms with Gasteiger partial charge in [0.05, 0.1) is 6.54 Å². The lowest BCUT2D eigenvalue weighted by Crippen LogP contribution is -2.39. The van der Waals surface area contributed by atoms with Gasteiger partial charge in [-0.1, -0.05) is 12.1 Å². The van der Waals surface area contributed by atoms with Gasteiger partial charge in [0.2, 0.25) is 11.8 Å². The van der Waals surface area contributed by atoms with E-state index < -0.39 is 0 Å². The van der Waals surface area contributed by atoms with Gasteiger partial charge in [0.25, 0.3) is 0 Å². The van der Waals surface area contributed by atoms with E-state index in [-0.39, 0.29) is 37.0 Å². The van der Waals surface area contributed by atoms with Gasteiger partial charge < -0.3 is 10.2 Å². The zero-order chi connectivity index (χ0) is 17.1. The van der Waals surface area contributed by atoms with Crippen LogP contribution in [0.1, 0.15) is 53.6 Å². The van der Waals surface area contributed by atoms with Crippen molar-refractivity contribution in [2.24, 2.45) is 0 Å². The maximum absolute atomic E-state index is 12.3. The van der Waals surface area contributed by atoms with Crippen LogP contribution in [-0.4, -0.2) is 42.1 Å². The highest BCUT2D eigenvalue weighted by atomic mass is 16.2. The minimum absolute atomic E-state index is 0.00566. The topological polar surface area (TPSA) is 66.5 Å². The minimum atomic E-state index is -0.171.